The number of nitrogens with zero attached hydrogens (tertiary/aromatic N) is 1. The number of carbonyl (C=O) groups is 2. The summed E-state index contributed by atoms with van der Waals surface area (Å²) in [6.45, 7) is 2.61. The normalized spacial score (nSPS) is 12.6. The maximum absolute atomic E-state index is 12.4. The Labute approximate surface area is 180 Å². The SMILES string of the molecule is Cc1ccccc1NC(=O)CNc1ccc(CN2C(=O)Cc3ccc(Cl)cc32)cc1. The number of nitrogens with one attached hydrogen (secondary N) is 2. The summed E-state index contributed by atoms with van der Waals surface area (Å²) >= 11 is 6.10. The molecule has 0 unspecified atom stereocenters. The first-order chi connectivity index (χ1) is 14.5. The number of aryl methyl sites for hydroxylation is 1. The van der Waals surface area contributed by atoms with E-state index in [4.69, 9.17) is 11.6 Å². The summed E-state index contributed by atoms with van der Waals surface area (Å²) in [5.41, 5.74) is 5.57. The minimum atomic E-state index is -0.107. The second kappa shape index (κ2) is 8.59. The standard InChI is InChI=1S/C24H22ClN3O2/c1-16-4-2-3-5-21(16)27-23(29)14-26-20-10-6-17(7-11-20)15-28-22-13-19(25)9-8-18(22)12-24(28)30/h2-11,13,26H,12,14-15H2,1H3,(H,27,29). The largest absolute Gasteiger partial charge is 0.376 e. The highest BCUT2D eigenvalue weighted by Crippen LogP contribution is 2.32. The molecule has 5 nitrogen and oxygen atoms in total. The summed E-state index contributed by atoms with van der Waals surface area (Å²) in [6, 6.07) is 21.0. The molecule has 152 valence electrons. The Balaban J connectivity index is 1.35. The number of amides is 2. The molecule has 2 N–H and O–H groups in total. The quantitative estimate of drug-likeness (QED) is 0.604. The van der Waals surface area contributed by atoms with E-state index in [2.05, 4.69) is 10.6 Å². The van der Waals surface area contributed by atoms with E-state index in [0.29, 0.717) is 18.0 Å². The first-order valence-corrected chi connectivity index (χ1v) is 10.1. The molecule has 3 aromatic carbocycles. The summed E-state index contributed by atoms with van der Waals surface area (Å²) in [6.07, 6.45) is 0.405. The molecule has 30 heavy (non-hydrogen) atoms. The van der Waals surface area contributed by atoms with Gasteiger partial charge in [-0.15, -0.1) is 0 Å². The topological polar surface area (TPSA) is 61.4 Å². The Hall–Kier alpha value is -3.31. The maximum atomic E-state index is 12.4. The maximum Gasteiger partial charge on any atom is 0.243 e. The van der Waals surface area contributed by atoms with Crippen LogP contribution < -0.4 is 15.5 Å². The molecule has 0 atom stereocenters. The van der Waals surface area contributed by atoms with E-state index < -0.39 is 0 Å². The highest BCUT2D eigenvalue weighted by Gasteiger charge is 2.27. The van der Waals surface area contributed by atoms with E-state index >= 15 is 0 Å². The van der Waals surface area contributed by atoms with Crippen LogP contribution in [-0.4, -0.2) is 18.4 Å². The molecule has 0 radical (unpaired) electrons. The van der Waals surface area contributed by atoms with Gasteiger partial charge in [0.25, 0.3) is 0 Å². The van der Waals surface area contributed by atoms with Gasteiger partial charge < -0.3 is 15.5 Å². The fourth-order valence-electron chi connectivity index (χ4n) is 3.50. The molecule has 6 heteroatoms. The molecule has 2 amide bonds. The third-order valence-electron chi connectivity index (χ3n) is 5.15. The number of rotatable bonds is 6. The van der Waals surface area contributed by atoms with Crippen molar-refractivity contribution in [1.82, 2.24) is 0 Å². The van der Waals surface area contributed by atoms with Crippen LogP contribution in [0.5, 0.6) is 0 Å². The van der Waals surface area contributed by atoms with Gasteiger partial charge in [-0.25, -0.2) is 0 Å². The second-order valence-corrected chi connectivity index (χ2v) is 7.78. The van der Waals surface area contributed by atoms with Crippen LogP contribution >= 0.6 is 11.6 Å². The van der Waals surface area contributed by atoms with Crippen LogP contribution in [-0.2, 0) is 22.6 Å². The number of fused-ring (bicyclic) bond motifs is 1. The van der Waals surface area contributed by atoms with Crippen molar-refractivity contribution in [2.24, 2.45) is 0 Å². The molecule has 0 aromatic heterocycles. The summed E-state index contributed by atoms with van der Waals surface area (Å²) in [5, 5.41) is 6.65. The zero-order chi connectivity index (χ0) is 21.1. The first kappa shape index (κ1) is 20.0. The Kier molecular flexibility index (Phi) is 5.72. The van der Waals surface area contributed by atoms with E-state index in [1.807, 2.05) is 73.7 Å². The zero-order valence-electron chi connectivity index (χ0n) is 16.6. The second-order valence-electron chi connectivity index (χ2n) is 7.34. The Bertz CT molecular complexity index is 1100. The van der Waals surface area contributed by atoms with E-state index in [1.165, 1.54) is 0 Å². The van der Waals surface area contributed by atoms with Crippen LogP contribution in [0, 0.1) is 6.92 Å². The van der Waals surface area contributed by atoms with Crippen LogP contribution in [0.3, 0.4) is 0 Å². The average Bonchev–Trinajstić information content (AvgIpc) is 3.04. The van der Waals surface area contributed by atoms with Gasteiger partial charge in [0.1, 0.15) is 0 Å². The molecule has 4 rings (SSSR count). The van der Waals surface area contributed by atoms with Crippen LogP contribution in [0.15, 0.2) is 66.7 Å². The molecule has 0 spiro atoms. The fourth-order valence-corrected chi connectivity index (χ4v) is 3.67. The van der Waals surface area contributed by atoms with E-state index in [0.717, 1.165) is 33.8 Å². The van der Waals surface area contributed by atoms with Crippen molar-refractivity contribution < 1.29 is 9.59 Å². The minimum Gasteiger partial charge on any atom is -0.376 e. The lowest BCUT2D eigenvalue weighted by molar-refractivity contribution is -0.117. The molecule has 3 aromatic rings. The number of hydrogen-bond acceptors (Lipinski definition) is 3. The monoisotopic (exact) mass is 419 g/mol. The van der Waals surface area contributed by atoms with Crippen molar-refractivity contribution in [2.45, 2.75) is 19.9 Å². The average molecular weight is 420 g/mol. The molecule has 0 bridgehead atoms. The van der Waals surface area contributed by atoms with Crippen LogP contribution in [0.2, 0.25) is 5.02 Å². The van der Waals surface area contributed by atoms with Crippen molar-refractivity contribution >= 4 is 40.5 Å². The van der Waals surface area contributed by atoms with Crippen molar-refractivity contribution in [3.63, 3.8) is 0 Å². The van der Waals surface area contributed by atoms with Crippen molar-refractivity contribution in [1.29, 1.82) is 0 Å². The van der Waals surface area contributed by atoms with Crippen molar-refractivity contribution in [2.75, 3.05) is 22.1 Å². The third kappa shape index (κ3) is 4.47. The van der Waals surface area contributed by atoms with E-state index in [-0.39, 0.29) is 18.4 Å². The predicted octanol–water partition coefficient (Wildman–Crippen LogP) is 4.79. The number of anilines is 3. The number of para-hydroxylation sites is 1. The fraction of sp³-hybridized carbons (Fsp3) is 0.167. The molecule has 0 saturated heterocycles. The van der Waals surface area contributed by atoms with Gasteiger partial charge in [-0.05, 0) is 53.9 Å². The molecule has 0 saturated carbocycles. The van der Waals surface area contributed by atoms with E-state index in [9.17, 15) is 9.59 Å². The molecular formula is C24H22ClN3O2. The highest BCUT2D eigenvalue weighted by atomic mass is 35.5. The molecule has 1 heterocycles. The van der Waals surface area contributed by atoms with Gasteiger partial charge in [-0.1, -0.05) is 48.0 Å². The van der Waals surface area contributed by atoms with Gasteiger partial charge >= 0.3 is 0 Å². The molecule has 0 aliphatic carbocycles. The Morgan fingerprint density at radius 1 is 1.07 bits per heavy atom. The third-order valence-corrected chi connectivity index (χ3v) is 5.38. The first-order valence-electron chi connectivity index (χ1n) is 9.77. The number of benzene rings is 3. The highest BCUT2D eigenvalue weighted by molar-refractivity contribution is 6.31. The molecular weight excluding hydrogens is 398 g/mol. The van der Waals surface area contributed by atoms with E-state index in [1.54, 1.807) is 4.90 Å². The number of halogens is 1. The summed E-state index contributed by atoms with van der Waals surface area (Å²) in [7, 11) is 0. The van der Waals surface area contributed by atoms with Crippen LogP contribution in [0.25, 0.3) is 0 Å². The lowest BCUT2D eigenvalue weighted by Crippen LogP contribution is -2.26. The van der Waals surface area contributed by atoms with Gasteiger partial charge in [-0.2, -0.15) is 0 Å². The van der Waals surface area contributed by atoms with Crippen LogP contribution in [0.4, 0.5) is 17.1 Å². The van der Waals surface area contributed by atoms with Gasteiger partial charge in [0.05, 0.1) is 19.5 Å². The minimum absolute atomic E-state index is 0.0716. The zero-order valence-corrected chi connectivity index (χ0v) is 17.4. The molecule has 1 aliphatic rings. The smallest absolute Gasteiger partial charge is 0.243 e. The van der Waals surface area contributed by atoms with Gasteiger partial charge in [-0.3, -0.25) is 9.59 Å². The van der Waals surface area contributed by atoms with Crippen LogP contribution in [0.1, 0.15) is 16.7 Å². The Morgan fingerprint density at radius 2 is 1.83 bits per heavy atom. The summed E-state index contributed by atoms with van der Waals surface area (Å²) in [4.78, 5) is 26.3. The molecule has 1 aliphatic heterocycles. The lowest BCUT2D eigenvalue weighted by Gasteiger charge is -2.18. The summed E-state index contributed by atoms with van der Waals surface area (Å²) in [5.74, 6) is -0.0353. The van der Waals surface area contributed by atoms with Crippen molar-refractivity contribution in [3.05, 3.63) is 88.4 Å². The van der Waals surface area contributed by atoms with Gasteiger partial charge in [0, 0.05) is 22.1 Å². The van der Waals surface area contributed by atoms with Crippen molar-refractivity contribution in [3.8, 4) is 0 Å². The van der Waals surface area contributed by atoms with Gasteiger partial charge in [0.15, 0.2) is 0 Å². The molecule has 0 fully saturated rings. The number of carbonyl (C=O) groups excluding carboxylic acids is 2. The lowest BCUT2D eigenvalue weighted by atomic mass is 10.1. The predicted molar refractivity (Wildman–Crippen MR) is 121 cm³/mol. The Morgan fingerprint density at radius 3 is 2.60 bits per heavy atom. The van der Waals surface area contributed by atoms with Gasteiger partial charge in [0.2, 0.25) is 11.8 Å². The summed E-state index contributed by atoms with van der Waals surface area (Å²) < 4.78 is 0. The number of hydrogen-bond donors (Lipinski definition) is 2.